The molecule has 0 amide bonds. The average Bonchev–Trinajstić information content (AvgIpc) is 3.30. The molecule has 7 heteroatoms. The highest BCUT2D eigenvalue weighted by Gasteiger charge is 2.29. The van der Waals surface area contributed by atoms with Crippen LogP contribution in [0.3, 0.4) is 0 Å². The van der Waals surface area contributed by atoms with Crippen molar-refractivity contribution in [2.24, 2.45) is 5.92 Å². The Morgan fingerprint density at radius 1 is 1.30 bits per heavy atom. The van der Waals surface area contributed by atoms with Gasteiger partial charge in [0.1, 0.15) is 5.39 Å². The van der Waals surface area contributed by atoms with Gasteiger partial charge in [0, 0.05) is 19.7 Å². The fourth-order valence-corrected chi connectivity index (χ4v) is 3.91. The van der Waals surface area contributed by atoms with Crippen molar-refractivity contribution in [1.29, 1.82) is 0 Å². The molecule has 1 aliphatic carbocycles. The lowest BCUT2D eigenvalue weighted by molar-refractivity contribution is 0.202. The monoisotopic (exact) mass is 367 g/mol. The summed E-state index contributed by atoms with van der Waals surface area (Å²) in [6, 6.07) is 10.1. The second-order valence-electron chi connectivity index (χ2n) is 7.28. The molecule has 0 saturated heterocycles. The van der Waals surface area contributed by atoms with E-state index in [1.807, 2.05) is 30.3 Å². The predicted molar refractivity (Wildman–Crippen MR) is 106 cm³/mol. The summed E-state index contributed by atoms with van der Waals surface area (Å²) >= 11 is 0. The van der Waals surface area contributed by atoms with Crippen LogP contribution in [-0.2, 0) is 4.74 Å². The van der Waals surface area contributed by atoms with Crippen molar-refractivity contribution in [1.82, 2.24) is 19.7 Å². The molecule has 1 aromatic carbocycles. The summed E-state index contributed by atoms with van der Waals surface area (Å²) in [5, 5.41) is 4.88. The molecule has 1 N–H and O–H groups in total. The Hall–Kier alpha value is -2.67. The van der Waals surface area contributed by atoms with E-state index in [1.165, 1.54) is 6.42 Å². The van der Waals surface area contributed by atoms with Crippen LogP contribution in [0.15, 0.2) is 41.3 Å². The van der Waals surface area contributed by atoms with Crippen LogP contribution in [0.2, 0.25) is 0 Å². The quantitative estimate of drug-likeness (QED) is 0.725. The Bertz CT molecular complexity index is 965. The fourth-order valence-electron chi connectivity index (χ4n) is 3.91. The van der Waals surface area contributed by atoms with Crippen LogP contribution in [0, 0.1) is 5.92 Å². The van der Waals surface area contributed by atoms with Crippen LogP contribution in [0.1, 0.15) is 26.2 Å². The number of aromatic nitrogens is 4. The summed E-state index contributed by atoms with van der Waals surface area (Å²) in [4.78, 5) is 22.7. The number of para-hydroxylation sites is 1. The van der Waals surface area contributed by atoms with Crippen molar-refractivity contribution in [3.8, 4) is 5.69 Å². The van der Waals surface area contributed by atoms with Gasteiger partial charge in [0.25, 0.3) is 5.56 Å². The zero-order chi connectivity index (χ0) is 18.8. The van der Waals surface area contributed by atoms with Gasteiger partial charge < -0.3 is 9.64 Å². The lowest BCUT2D eigenvalue weighted by atomic mass is 10.1. The van der Waals surface area contributed by atoms with Gasteiger partial charge in [-0.05, 0) is 37.3 Å². The Balaban J connectivity index is 1.79. The number of rotatable bonds is 6. The van der Waals surface area contributed by atoms with E-state index in [4.69, 9.17) is 9.72 Å². The molecule has 3 aromatic rings. The molecule has 142 valence electrons. The van der Waals surface area contributed by atoms with Crippen molar-refractivity contribution in [3.63, 3.8) is 0 Å². The van der Waals surface area contributed by atoms with Crippen LogP contribution >= 0.6 is 0 Å². The lowest BCUT2D eigenvalue weighted by Gasteiger charge is -2.29. The highest BCUT2D eigenvalue weighted by molar-refractivity contribution is 5.76. The molecule has 27 heavy (non-hydrogen) atoms. The highest BCUT2D eigenvalue weighted by atomic mass is 16.5. The van der Waals surface area contributed by atoms with Gasteiger partial charge in [0.05, 0.1) is 18.5 Å². The molecule has 1 fully saturated rings. The molecule has 1 aliphatic rings. The van der Waals surface area contributed by atoms with E-state index in [0.29, 0.717) is 42.1 Å². The minimum atomic E-state index is -0.161. The number of nitrogens with one attached hydrogen (secondary N) is 1. The minimum absolute atomic E-state index is 0.161. The third-order valence-corrected chi connectivity index (χ3v) is 5.34. The standard InChI is InChI=1S/C20H25N5O2/c1-14-8-9-16(12-14)24(10-11-27-2)20-22-18-17(19(26)23-20)13-21-25(18)15-6-4-3-5-7-15/h3-7,13-14,16H,8-12H2,1-2H3,(H,22,23,26). The molecule has 2 heterocycles. The lowest BCUT2D eigenvalue weighted by Crippen LogP contribution is -2.38. The van der Waals surface area contributed by atoms with Crippen LogP contribution in [0.5, 0.6) is 0 Å². The molecular weight excluding hydrogens is 342 g/mol. The smallest absolute Gasteiger partial charge is 0.263 e. The van der Waals surface area contributed by atoms with Gasteiger partial charge in [-0.3, -0.25) is 9.78 Å². The van der Waals surface area contributed by atoms with Gasteiger partial charge in [0.15, 0.2) is 5.65 Å². The van der Waals surface area contributed by atoms with Crippen LogP contribution in [-0.4, -0.2) is 46.1 Å². The molecule has 7 nitrogen and oxygen atoms in total. The van der Waals surface area contributed by atoms with E-state index >= 15 is 0 Å². The second kappa shape index (κ2) is 7.52. The van der Waals surface area contributed by atoms with Gasteiger partial charge in [-0.25, -0.2) is 4.68 Å². The van der Waals surface area contributed by atoms with Crippen LogP contribution in [0.25, 0.3) is 16.7 Å². The van der Waals surface area contributed by atoms with Gasteiger partial charge >= 0.3 is 0 Å². The molecule has 1 saturated carbocycles. The van der Waals surface area contributed by atoms with Crippen molar-refractivity contribution in [3.05, 3.63) is 46.9 Å². The Morgan fingerprint density at radius 3 is 2.81 bits per heavy atom. The van der Waals surface area contributed by atoms with Crippen molar-refractivity contribution >= 4 is 17.0 Å². The summed E-state index contributed by atoms with van der Waals surface area (Å²) in [6.07, 6.45) is 4.98. The van der Waals surface area contributed by atoms with Gasteiger partial charge in [0.2, 0.25) is 5.95 Å². The number of ether oxygens (including phenoxy) is 1. The molecular formula is C20H25N5O2. The maximum Gasteiger partial charge on any atom is 0.263 e. The molecule has 0 radical (unpaired) electrons. The molecule has 2 atom stereocenters. The first-order valence-corrected chi connectivity index (χ1v) is 9.46. The third-order valence-electron chi connectivity index (χ3n) is 5.34. The molecule has 4 rings (SSSR count). The number of hydrogen-bond acceptors (Lipinski definition) is 5. The van der Waals surface area contributed by atoms with E-state index in [9.17, 15) is 4.79 Å². The first-order valence-electron chi connectivity index (χ1n) is 9.46. The predicted octanol–water partition coefficient (Wildman–Crippen LogP) is 2.75. The van der Waals surface area contributed by atoms with Gasteiger partial charge in [-0.15, -0.1) is 0 Å². The third kappa shape index (κ3) is 3.47. The van der Waals surface area contributed by atoms with Crippen molar-refractivity contribution < 1.29 is 4.74 Å². The van der Waals surface area contributed by atoms with Crippen LogP contribution in [0.4, 0.5) is 5.95 Å². The molecule has 0 spiro atoms. The number of fused-ring (bicyclic) bond motifs is 1. The van der Waals surface area contributed by atoms with Gasteiger partial charge in [-0.1, -0.05) is 25.1 Å². The number of anilines is 1. The number of nitrogens with zero attached hydrogens (tertiary/aromatic N) is 4. The summed E-state index contributed by atoms with van der Waals surface area (Å²) in [5.41, 5.74) is 1.30. The average molecular weight is 367 g/mol. The highest BCUT2D eigenvalue weighted by Crippen LogP contribution is 2.30. The first-order chi connectivity index (χ1) is 13.2. The van der Waals surface area contributed by atoms with Crippen molar-refractivity contribution in [2.75, 3.05) is 25.2 Å². The molecule has 2 unspecified atom stereocenters. The summed E-state index contributed by atoms with van der Waals surface area (Å²) in [6.45, 7) is 3.56. The van der Waals surface area contributed by atoms with E-state index < -0.39 is 0 Å². The summed E-state index contributed by atoms with van der Waals surface area (Å²) in [7, 11) is 1.69. The van der Waals surface area contributed by atoms with Gasteiger partial charge in [-0.2, -0.15) is 10.1 Å². The molecule has 2 aromatic heterocycles. The first kappa shape index (κ1) is 17.7. The van der Waals surface area contributed by atoms with E-state index in [0.717, 1.165) is 18.5 Å². The normalized spacial score (nSPS) is 19.6. The molecule has 0 bridgehead atoms. The Morgan fingerprint density at radius 2 is 2.11 bits per heavy atom. The number of hydrogen-bond donors (Lipinski definition) is 1. The zero-order valence-electron chi connectivity index (χ0n) is 15.8. The second-order valence-corrected chi connectivity index (χ2v) is 7.28. The molecule has 0 aliphatic heterocycles. The van der Waals surface area contributed by atoms with Crippen molar-refractivity contribution in [2.45, 2.75) is 32.2 Å². The zero-order valence-corrected chi connectivity index (χ0v) is 15.8. The Labute approximate surface area is 158 Å². The van der Waals surface area contributed by atoms with E-state index in [1.54, 1.807) is 18.0 Å². The Kier molecular flexibility index (Phi) is 4.94. The largest absolute Gasteiger partial charge is 0.383 e. The van der Waals surface area contributed by atoms with E-state index in [2.05, 4.69) is 21.9 Å². The topological polar surface area (TPSA) is 76.0 Å². The maximum absolute atomic E-state index is 12.7. The van der Waals surface area contributed by atoms with E-state index in [-0.39, 0.29) is 5.56 Å². The maximum atomic E-state index is 12.7. The minimum Gasteiger partial charge on any atom is -0.383 e. The number of aromatic amines is 1. The summed E-state index contributed by atoms with van der Waals surface area (Å²) in [5.74, 6) is 1.28. The fraction of sp³-hybridized carbons (Fsp3) is 0.450. The number of methoxy groups -OCH3 is 1. The number of H-pyrrole nitrogens is 1. The summed E-state index contributed by atoms with van der Waals surface area (Å²) < 4.78 is 7.02. The number of benzene rings is 1. The van der Waals surface area contributed by atoms with Crippen LogP contribution < -0.4 is 10.5 Å². The SMILES string of the molecule is COCCN(c1nc2c(cnn2-c2ccccc2)c(=O)[nH]1)C1CCC(C)C1.